The SMILES string of the molecule is Cc1oc(CNC(=O)c2ccc(Cl)nc2Cl)cc1C(=O)O. The van der Waals surface area contributed by atoms with Crippen LogP contribution in [0.2, 0.25) is 10.3 Å². The highest BCUT2D eigenvalue weighted by Crippen LogP contribution is 2.17. The molecule has 2 aromatic heterocycles. The molecule has 0 aliphatic heterocycles. The number of amides is 1. The monoisotopic (exact) mass is 328 g/mol. The van der Waals surface area contributed by atoms with E-state index in [4.69, 9.17) is 32.7 Å². The van der Waals surface area contributed by atoms with Crippen LogP contribution in [0.15, 0.2) is 22.6 Å². The fourth-order valence-corrected chi connectivity index (χ4v) is 2.12. The lowest BCUT2D eigenvalue weighted by molar-refractivity contribution is 0.0694. The van der Waals surface area contributed by atoms with Crippen LogP contribution in [0.1, 0.15) is 32.2 Å². The second-order valence-electron chi connectivity index (χ2n) is 4.14. The van der Waals surface area contributed by atoms with Crippen molar-refractivity contribution in [1.29, 1.82) is 0 Å². The zero-order valence-electron chi connectivity index (χ0n) is 10.8. The second kappa shape index (κ2) is 6.15. The predicted molar refractivity (Wildman–Crippen MR) is 75.8 cm³/mol. The van der Waals surface area contributed by atoms with E-state index in [1.807, 2.05) is 0 Å². The number of hydrogen-bond donors (Lipinski definition) is 2. The number of halogens is 2. The number of carbonyl (C=O) groups is 2. The van der Waals surface area contributed by atoms with Gasteiger partial charge in [0.2, 0.25) is 0 Å². The van der Waals surface area contributed by atoms with E-state index in [1.165, 1.54) is 25.1 Å². The van der Waals surface area contributed by atoms with Gasteiger partial charge in [0.25, 0.3) is 5.91 Å². The summed E-state index contributed by atoms with van der Waals surface area (Å²) in [5, 5.41) is 11.6. The Hall–Kier alpha value is -2.05. The quantitative estimate of drug-likeness (QED) is 0.842. The van der Waals surface area contributed by atoms with Crippen LogP contribution in [0.3, 0.4) is 0 Å². The molecule has 0 fully saturated rings. The van der Waals surface area contributed by atoms with Gasteiger partial charge in [-0.3, -0.25) is 4.79 Å². The smallest absolute Gasteiger partial charge is 0.339 e. The van der Waals surface area contributed by atoms with Crippen molar-refractivity contribution in [3.05, 3.63) is 51.2 Å². The predicted octanol–water partition coefficient (Wildman–Crippen LogP) is 2.92. The van der Waals surface area contributed by atoms with Crippen molar-refractivity contribution in [3.63, 3.8) is 0 Å². The summed E-state index contributed by atoms with van der Waals surface area (Å²) in [4.78, 5) is 26.6. The van der Waals surface area contributed by atoms with Crippen LogP contribution >= 0.6 is 23.2 Å². The maximum absolute atomic E-state index is 11.9. The second-order valence-corrected chi connectivity index (χ2v) is 4.89. The van der Waals surface area contributed by atoms with Crippen molar-refractivity contribution in [2.45, 2.75) is 13.5 Å². The van der Waals surface area contributed by atoms with Gasteiger partial charge in [0, 0.05) is 0 Å². The molecule has 6 nitrogen and oxygen atoms in total. The molecular weight excluding hydrogens is 319 g/mol. The normalized spacial score (nSPS) is 10.4. The molecule has 0 radical (unpaired) electrons. The largest absolute Gasteiger partial charge is 0.478 e. The molecular formula is C13H10Cl2N2O4. The number of aromatic nitrogens is 1. The van der Waals surface area contributed by atoms with E-state index < -0.39 is 11.9 Å². The van der Waals surface area contributed by atoms with Crippen LogP contribution in [-0.2, 0) is 6.54 Å². The zero-order valence-corrected chi connectivity index (χ0v) is 12.3. The van der Waals surface area contributed by atoms with Crippen molar-refractivity contribution >= 4 is 35.1 Å². The Morgan fingerprint density at radius 1 is 1.33 bits per heavy atom. The number of aromatic carboxylic acids is 1. The molecule has 0 aliphatic rings. The highest BCUT2D eigenvalue weighted by molar-refractivity contribution is 6.34. The molecule has 21 heavy (non-hydrogen) atoms. The number of nitrogens with zero attached hydrogens (tertiary/aromatic N) is 1. The van der Waals surface area contributed by atoms with Gasteiger partial charge in [-0.05, 0) is 25.1 Å². The minimum atomic E-state index is -1.08. The first-order chi connectivity index (χ1) is 9.88. The van der Waals surface area contributed by atoms with Crippen molar-refractivity contribution in [2.24, 2.45) is 0 Å². The van der Waals surface area contributed by atoms with Gasteiger partial charge in [0.15, 0.2) is 0 Å². The number of carboxylic acids is 1. The molecule has 2 aromatic rings. The van der Waals surface area contributed by atoms with Gasteiger partial charge in [-0.2, -0.15) is 0 Å². The van der Waals surface area contributed by atoms with Crippen LogP contribution in [0.25, 0.3) is 0 Å². The number of carbonyl (C=O) groups excluding carboxylic acids is 1. The summed E-state index contributed by atoms with van der Waals surface area (Å²) < 4.78 is 5.25. The number of rotatable bonds is 4. The maximum Gasteiger partial charge on any atom is 0.339 e. The molecule has 0 unspecified atom stereocenters. The van der Waals surface area contributed by atoms with E-state index in [0.29, 0.717) is 5.76 Å². The van der Waals surface area contributed by atoms with Gasteiger partial charge in [-0.25, -0.2) is 9.78 Å². The third-order valence-electron chi connectivity index (χ3n) is 2.68. The van der Waals surface area contributed by atoms with Crippen molar-refractivity contribution in [2.75, 3.05) is 0 Å². The molecule has 0 bridgehead atoms. The molecule has 2 N–H and O–H groups in total. The standard InChI is InChI=1S/C13H10Cl2N2O4/c1-6-9(13(19)20)4-7(21-6)5-16-12(18)8-2-3-10(14)17-11(8)15/h2-4H,5H2,1H3,(H,16,18)(H,19,20). The molecule has 2 rings (SSSR count). The lowest BCUT2D eigenvalue weighted by atomic mass is 10.2. The Morgan fingerprint density at radius 3 is 2.62 bits per heavy atom. The Bertz CT molecular complexity index is 712. The molecule has 0 atom stereocenters. The summed E-state index contributed by atoms with van der Waals surface area (Å²) in [5.41, 5.74) is 0.230. The third kappa shape index (κ3) is 3.53. The van der Waals surface area contributed by atoms with E-state index in [1.54, 1.807) is 0 Å². The Kier molecular flexibility index (Phi) is 4.50. The Morgan fingerprint density at radius 2 is 2.05 bits per heavy atom. The fourth-order valence-electron chi connectivity index (χ4n) is 1.69. The number of furan rings is 1. The molecule has 2 heterocycles. The number of aryl methyl sites for hydroxylation is 1. The van der Waals surface area contributed by atoms with Gasteiger partial charge < -0.3 is 14.8 Å². The summed E-state index contributed by atoms with van der Waals surface area (Å²) in [6.07, 6.45) is 0. The topological polar surface area (TPSA) is 92.4 Å². The average Bonchev–Trinajstić information content (AvgIpc) is 2.77. The highest BCUT2D eigenvalue weighted by Gasteiger charge is 2.16. The van der Waals surface area contributed by atoms with Gasteiger partial charge in [-0.15, -0.1) is 0 Å². The Balaban J connectivity index is 2.07. The van der Waals surface area contributed by atoms with Gasteiger partial charge in [0.05, 0.1) is 12.1 Å². The molecule has 0 saturated heterocycles. The van der Waals surface area contributed by atoms with Gasteiger partial charge in [0.1, 0.15) is 27.4 Å². The van der Waals surface area contributed by atoms with Gasteiger partial charge >= 0.3 is 5.97 Å². The molecule has 0 aliphatic carbocycles. The van der Waals surface area contributed by atoms with E-state index in [-0.39, 0.29) is 33.7 Å². The zero-order chi connectivity index (χ0) is 15.6. The summed E-state index contributed by atoms with van der Waals surface area (Å²) >= 11 is 11.5. The third-order valence-corrected chi connectivity index (χ3v) is 3.18. The number of pyridine rings is 1. The lowest BCUT2D eigenvalue weighted by Crippen LogP contribution is -2.23. The van der Waals surface area contributed by atoms with Crippen LogP contribution in [-0.4, -0.2) is 22.0 Å². The summed E-state index contributed by atoms with van der Waals surface area (Å²) in [6.45, 7) is 1.57. The number of hydrogen-bond acceptors (Lipinski definition) is 4. The lowest BCUT2D eigenvalue weighted by Gasteiger charge is -2.04. The molecule has 0 saturated carbocycles. The van der Waals surface area contributed by atoms with E-state index >= 15 is 0 Å². The number of carboxylic acid groups (broad SMARTS) is 1. The summed E-state index contributed by atoms with van der Waals surface area (Å²) in [7, 11) is 0. The van der Waals surface area contributed by atoms with Crippen molar-refractivity contribution < 1.29 is 19.1 Å². The van der Waals surface area contributed by atoms with Gasteiger partial charge in [-0.1, -0.05) is 23.2 Å². The molecule has 8 heteroatoms. The molecule has 110 valence electrons. The first-order valence-corrected chi connectivity index (χ1v) is 6.57. The first-order valence-electron chi connectivity index (χ1n) is 5.81. The van der Waals surface area contributed by atoms with Crippen LogP contribution < -0.4 is 5.32 Å². The Labute approximate surface area is 129 Å². The average molecular weight is 329 g/mol. The molecule has 0 spiro atoms. The first kappa shape index (κ1) is 15.3. The van der Waals surface area contributed by atoms with Crippen LogP contribution in [0.4, 0.5) is 0 Å². The van der Waals surface area contributed by atoms with Crippen LogP contribution in [0, 0.1) is 6.92 Å². The summed E-state index contributed by atoms with van der Waals surface area (Å²) in [5.74, 6) is -0.942. The molecule has 1 amide bonds. The van der Waals surface area contributed by atoms with E-state index in [9.17, 15) is 9.59 Å². The highest BCUT2D eigenvalue weighted by atomic mass is 35.5. The van der Waals surface area contributed by atoms with Crippen LogP contribution in [0.5, 0.6) is 0 Å². The number of nitrogens with one attached hydrogen (secondary N) is 1. The van der Waals surface area contributed by atoms with Crippen molar-refractivity contribution in [1.82, 2.24) is 10.3 Å². The minimum absolute atomic E-state index is 0.0122. The molecule has 0 aromatic carbocycles. The fraction of sp³-hybridized carbons (Fsp3) is 0.154. The van der Waals surface area contributed by atoms with E-state index in [2.05, 4.69) is 10.3 Å². The minimum Gasteiger partial charge on any atom is -0.478 e. The van der Waals surface area contributed by atoms with Crippen molar-refractivity contribution in [3.8, 4) is 0 Å². The summed E-state index contributed by atoms with van der Waals surface area (Å²) in [6, 6.07) is 4.25. The van der Waals surface area contributed by atoms with E-state index in [0.717, 1.165) is 0 Å². The maximum atomic E-state index is 11.9.